The van der Waals surface area contributed by atoms with Crippen LogP contribution in [0.2, 0.25) is 0 Å². The van der Waals surface area contributed by atoms with Gasteiger partial charge >= 0.3 is 0 Å². The molecule has 2 heterocycles. The zero-order valence-corrected chi connectivity index (χ0v) is 14.6. The largest absolute Gasteiger partial charge is 0.462 e. The fourth-order valence-corrected chi connectivity index (χ4v) is 4.84. The summed E-state index contributed by atoms with van der Waals surface area (Å²) < 4.78 is 5.70. The molecule has 134 valence electrons. The SMILES string of the molecule is OCc1ccc(CN2CC[C@@](O)(c3ccccc3)[C@H]3CCCC[C@H]32)o1. The summed E-state index contributed by atoms with van der Waals surface area (Å²) in [4.78, 5) is 2.47. The Kier molecular flexibility index (Phi) is 4.67. The van der Waals surface area contributed by atoms with Crippen LogP contribution in [0, 0.1) is 5.92 Å². The Bertz CT molecular complexity index is 698. The lowest BCUT2D eigenvalue weighted by atomic mass is 9.66. The van der Waals surface area contributed by atoms with E-state index < -0.39 is 5.60 Å². The van der Waals surface area contributed by atoms with Crippen LogP contribution in [-0.4, -0.2) is 27.7 Å². The van der Waals surface area contributed by atoms with Crippen LogP contribution in [0.4, 0.5) is 0 Å². The van der Waals surface area contributed by atoms with Crippen molar-refractivity contribution in [1.82, 2.24) is 4.90 Å². The molecule has 1 aliphatic carbocycles. The molecule has 2 aromatic rings. The number of nitrogens with zero attached hydrogens (tertiary/aromatic N) is 1. The molecule has 0 amide bonds. The fourth-order valence-electron chi connectivity index (χ4n) is 4.84. The monoisotopic (exact) mass is 341 g/mol. The van der Waals surface area contributed by atoms with Crippen molar-refractivity contribution in [3.8, 4) is 0 Å². The highest BCUT2D eigenvalue weighted by atomic mass is 16.4. The lowest BCUT2D eigenvalue weighted by Crippen LogP contribution is -2.57. The molecule has 1 aromatic heterocycles. The van der Waals surface area contributed by atoms with Crippen LogP contribution in [0.1, 0.15) is 49.2 Å². The van der Waals surface area contributed by atoms with Gasteiger partial charge in [-0.05, 0) is 37.0 Å². The van der Waals surface area contributed by atoms with E-state index in [-0.39, 0.29) is 12.5 Å². The molecule has 4 nitrogen and oxygen atoms in total. The van der Waals surface area contributed by atoms with Gasteiger partial charge in [-0.2, -0.15) is 0 Å². The van der Waals surface area contributed by atoms with Gasteiger partial charge in [-0.15, -0.1) is 0 Å². The number of hydrogen-bond acceptors (Lipinski definition) is 4. The van der Waals surface area contributed by atoms with Gasteiger partial charge < -0.3 is 14.6 Å². The molecule has 0 spiro atoms. The van der Waals surface area contributed by atoms with Crippen molar-refractivity contribution in [2.45, 2.75) is 56.9 Å². The molecule has 0 radical (unpaired) electrons. The molecule has 0 bridgehead atoms. The van der Waals surface area contributed by atoms with E-state index in [1.54, 1.807) is 0 Å². The number of fused-ring (bicyclic) bond motifs is 1. The summed E-state index contributed by atoms with van der Waals surface area (Å²) in [6, 6.07) is 14.4. The lowest BCUT2D eigenvalue weighted by Gasteiger charge is -2.52. The van der Waals surface area contributed by atoms with Crippen LogP contribution >= 0.6 is 0 Å². The predicted molar refractivity (Wildman–Crippen MR) is 95.7 cm³/mol. The fraction of sp³-hybridized carbons (Fsp3) is 0.524. The molecule has 4 heteroatoms. The quantitative estimate of drug-likeness (QED) is 0.895. The summed E-state index contributed by atoms with van der Waals surface area (Å²) in [6.45, 7) is 1.56. The Hall–Kier alpha value is -1.62. The first-order chi connectivity index (χ1) is 12.2. The van der Waals surface area contributed by atoms with Crippen LogP contribution < -0.4 is 0 Å². The van der Waals surface area contributed by atoms with Crippen molar-refractivity contribution in [2.24, 2.45) is 5.92 Å². The maximum Gasteiger partial charge on any atom is 0.129 e. The molecule has 1 saturated carbocycles. The first-order valence-corrected chi connectivity index (χ1v) is 9.41. The number of piperidine rings is 1. The van der Waals surface area contributed by atoms with Gasteiger partial charge in [-0.3, -0.25) is 4.90 Å². The molecule has 0 unspecified atom stereocenters. The van der Waals surface area contributed by atoms with Crippen LogP contribution in [0.3, 0.4) is 0 Å². The Morgan fingerprint density at radius 3 is 2.56 bits per heavy atom. The van der Waals surface area contributed by atoms with E-state index in [0.717, 1.165) is 43.7 Å². The zero-order chi connectivity index (χ0) is 17.3. The summed E-state index contributed by atoms with van der Waals surface area (Å²) in [7, 11) is 0. The zero-order valence-electron chi connectivity index (χ0n) is 14.6. The molecule has 3 atom stereocenters. The van der Waals surface area contributed by atoms with E-state index in [2.05, 4.69) is 17.0 Å². The van der Waals surface area contributed by atoms with Crippen LogP contribution in [-0.2, 0) is 18.8 Å². The van der Waals surface area contributed by atoms with Gasteiger partial charge in [-0.25, -0.2) is 0 Å². The molecular formula is C21H27NO3. The minimum Gasteiger partial charge on any atom is -0.462 e. The minimum atomic E-state index is -0.720. The third-order valence-corrected chi connectivity index (χ3v) is 6.10. The topological polar surface area (TPSA) is 56.8 Å². The minimum absolute atomic E-state index is 0.0557. The van der Waals surface area contributed by atoms with Crippen LogP contribution in [0.25, 0.3) is 0 Å². The third-order valence-electron chi connectivity index (χ3n) is 6.10. The van der Waals surface area contributed by atoms with Gasteiger partial charge in [0.15, 0.2) is 0 Å². The number of aliphatic hydroxyl groups is 2. The molecule has 2 aliphatic rings. The maximum absolute atomic E-state index is 11.6. The number of furan rings is 1. The summed E-state index contributed by atoms with van der Waals surface area (Å²) in [5.74, 6) is 1.79. The van der Waals surface area contributed by atoms with Crippen molar-refractivity contribution in [3.05, 3.63) is 59.5 Å². The maximum atomic E-state index is 11.6. The molecule has 2 fully saturated rings. The van der Waals surface area contributed by atoms with Crippen molar-refractivity contribution in [2.75, 3.05) is 6.54 Å². The second kappa shape index (κ2) is 6.94. The van der Waals surface area contributed by atoms with E-state index >= 15 is 0 Å². The van der Waals surface area contributed by atoms with Gasteiger partial charge in [0.25, 0.3) is 0 Å². The number of benzene rings is 1. The number of aliphatic hydroxyl groups excluding tert-OH is 1. The second-order valence-electron chi connectivity index (χ2n) is 7.50. The molecular weight excluding hydrogens is 314 g/mol. The highest BCUT2D eigenvalue weighted by Gasteiger charge is 2.49. The van der Waals surface area contributed by atoms with E-state index in [9.17, 15) is 10.2 Å². The third kappa shape index (κ3) is 3.14. The molecule has 1 aliphatic heterocycles. The van der Waals surface area contributed by atoms with E-state index in [4.69, 9.17) is 4.42 Å². The molecule has 2 N–H and O–H groups in total. The predicted octanol–water partition coefficient (Wildman–Crippen LogP) is 3.42. The van der Waals surface area contributed by atoms with Gasteiger partial charge in [0.05, 0.1) is 12.1 Å². The van der Waals surface area contributed by atoms with Gasteiger partial charge in [-0.1, -0.05) is 43.2 Å². The normalized spacial score (nSPS) is 30.2. The highest BCUT2D eigenvalue weighted by Crippen LogP contribution is 2.47. The van der Waals surface area contributed by atoms with Crippen LogP contribution in [0.5, 0.6) is 0 Å². The molecule has 1 saturated heterocycles. The van der Waals surface area contributed by atoms with Crippen molar-refractivity contribution < 1.29 is 14.6 Å². The number of likely N-dealkylation sites (tertiary alicyclic amines) is 1. The smallest absolute Gasteiger partial charge is 0.129 e. The molecule has 25 heavy (non-hydrogen) atoms. The Morgan fingerprint density at radius 1 is 1.04 bits per heavy atom. The standard InChI is InChI=1S/C21H27NO3/c23-15-18-11-10-17(25-18)14-22-13-12-21(24,16-6-2-1-3-7-16)19-8-4-5-9-20(19)22/h1-3,6-7,10-11,19-20,23-24H,4-5,8-9,12-15H2/t19-,20+,21+/m0/s1. The van der Waals surface area contributed by atoms with Crippen molar-refractivity contribution >= 4 is 0 Å². The summed E-state index contributed by atoms with van der Waals surface area (Å²) in [5, 5.41) is 20.8. The van der Waals surface area contributed by atoms with E-state index in [1.807, 2.05) is 30.3 Å². The first kappa shape index (κ1) is 16.8. The van der Waals surface area contributed by atoms with E-state index in [1.165, 1.54) is 12.8 Å². The Morgan fingerprint density at radius 2 is 1.80 bits per heavy atom. The van der Waals surface area contributed by atoms with Gasteiger partial charge in [0, 0.05) is 18.5 Å². The lowest BCUT2D eigenvalue weighted by molar-refractivity contribution is -0.124. The summed E-state index contributed by atoms with van der Waals surface area (Å²) >= 11 is 0. The first-order valence-electron chi connectivity index (χ1n) is 9.41. The molecule has 1 aromatic carbocycles. The highest BCUT2D eigenvalue weighted by molar-refractivity contribution is 5.25. The summed E-state index contributed by atoms with van der Waals surface area (Å²) in [5.41, 5.74) is 0.342. The van der Waals surface area contributed by atoms with Crippen LogP contribution in [0.15, 0.2) is 46.9 Å². The number of rotatable bonds is 4. The van der Waals surface area contributed by atoms with Crippen molar-refractivity contribution in [3.63, 3.8) is 0 Å². The molecule has 4 rings (SSSR count). The Balaban J connectivity index is 1.57. The average Bonchev–Trinajstić information content (AvgIpc) is 3.13. The van der Waals surface area contributed by atoms with Crippen molar-refractivity contribution in [1.29, 1.82) is 0 Å². The Labute approximate surface area is 149 Å². The number of hydrogen-bond donors (Lipinski definition) is 2. The summed E-state index contributed by atoms with van der Waals surface area (Å²) in [6.07, 6.45) is 5.38. The second-order valence-corrected chi connectivity index (χ2v) is 7.50. The van der Waals surface area contributed by atoms with E-state index in [0.29, 0.717) is 11.8 Å². The van der Waals surface area contributed by atoms with Gasteiger partial charge in [0.2, 0.25) is 0 Å². The average molecular weight is 341 g/mol. The van der Waals surface area contributed by atoms with Gasteiger partial charge in [0.1, 0.15) is 18.1 Å².